The fourth-order valence-corrected chi connectivity index (χ4v) is 4.66. The van der Waals surface area contributed by atoms with Crippen LogP contribution in [0.1, 0.15) is 41.7 Å². The third kappa shape index (κ3) is 3.60. The first kappa shape index (κ1) is 22.0. The molecule has 1 saturated carbocycles. The van der Waals surface area contributed by atoms with Gasteiger partial charge in [-0.05, 0) is 62.2 Å². The van der Waals surface area contributed by atoms with Gasteiger partial charge in [0.05, 0.1) is 22.0 Å². The van der Waals surface area contributed by atoms with Gasteiger partial charge in [-0.1, -0.05) is 12.1 Å². The highest BCUT2D eigenvalue weighted by Gasteiger charge is 2.28. The van der Waals surface area contributed by atoms with Crippen molar-refractivity contribution in [3.8, 4) is 11.4 Å². The van der Waals surface area contributed by atoms with Crippen LogP contribution in [0.25, 0.3) is 33.5 Å². The number of amides is 1. The lowest BCUT2D eigenvalue weighted by Crippen LogP contribution is -2.32. The van der Waals surface area contributed by atoms with Crippen molar-refractivity contribution in [1.29, 1.82) is 0 Å². The summed E-state index contributed by atoms with van der Waals surface area (Å²) in [6.45, 7) is 2.13. The molecule has 6 rings (SSSR count). The molecule has 0 atom stereocenters. The van der Waals surface area contributed by atoms with Gasteiger partial charge in [0.1, 0.15) is 5.82 Å². The summed E-state index contributed by atoms with van der Waals surface area (Å²) in [7, 11) is 1.97. The van der Waals surface area contributed by atoms with Gasteiger partial charge in [-0.2, -0.15) is 0 Å². The lowest BCUT2D eigenvalue weighted by Gasteiger charge is -2.13. The fourth-order valence-electron chi connectivity index (χ4n) is 4.66. The molecule has 2 N–H and O–H groups in total. The zero-order chi connectivity index (χ0) is 25.0. The molecule has 9 nitrogen and oxygen atoms in total. The van der Waals surface area contributed by atoms with Gasteiger partial charge >= 0.3 is 5.69 Å². The molecule has 1 amide bonds. The van der Waals surface area contributed by atoms with Gasteiger partial charge in [0.15, 0.2) is 5.65 Å². The zero-order valence-electron chi connectivity index (χ0n) is 19.9. The average molecular weight is 481 g/mol. The summed E-state index contributed by atoms with van der Waals surface area (Å²) in [5, 5.41) is 3.02. The SMILES string of the molecule is CCn1c(=O)[nH]c(=O)c2c(C(=O)Nc3ccc(-c4nc5ccccc5n4C)cc3)cc(C3CC3)nc21. The Kier molecular flexibility index (Phi) is 5.06. The number of carbonyl (C=O) groups is 1. The van der Waals surface area contributed by atoms with Crippen LogP contribution >= 0.6 is 0 Å². The van der Waals surface area contributed by atoms with E-state index in [1.54, 1.807) is 13.0 Å². The molecule has 1 aliphatic rings. The number of carbonyl (C=O) groups excluding carboxylic acids is 1. The van der Waals surface area contributed by atoms with E-state index in [-0.39, 0.29) is 22.5 Å². The number of aryl methyl sites for hydroxylation is 2. The Balaban J connectivity index is 1.37. The van der Waals surface area contributed by atoms with E-state index in [4.69, 9.17) is 4.98 Å². The van der Waals surface area contributed by atoms with E-state index in [9.17, 15) is 14.4 Å². The number of H-pyrrole nitrogens is 1. The number of pyridine rings is 1. The van der Waals surface area contributed by atoms with Gasteiger partial charge in [0.2, 0.25) is 0 Å². The molecule has 1 fully saturated rings. The number of nitrogens with zero attached hydrogens (tertiary/aromatic N) is 4. The Hall–Kier alpha value is -4.53. The number of imidazole rings is 1. The normalized spacial score (nSPS) is 13.4. The van der Waals surface area contributed by atoms with E-state index < -0.39 is 17.2 Å². The highest BCUT2D eigenvalue weighted by molar-refractivity contribution is 6.12. The molecule has 5 aromatic rings. The second-order valence-corrected chi connectivity index (χ2v) is 9.09. The Labute approximate surface area is 205 Å². The van der Waals surface area contributed by atoms with Gasteiger partial charge in [0.25, 0.3) is 11.5 Å². The Morgan fingerprint density at radius 1 is 1.08 bits per heavy atom. The van der Waals surface area contributed by atoms with Crippen LogP contribution in [0, 0.1) is 0 Å². The van der Waals surface area contributed by atoms with E-state index in [1.807, 2.05) is 60.1 Å². The number of rotatable bonds is 5. The predicted octanol–water partition coefficient (Wildman–Crippen LogP) is 3.79. The van der Waals surface area contributed by atoms with Crippen molar-refractivity contribution in [2.45, 2.75) is 32.2 Å². The predicted molar refractivity (Wildman–Crippen MR) is 138 cm³/mol. The molecule has 9 heteroatoms. The number of anilines is 1. The summed E-state index contributed by atoms with van der Waals surface area (Å²) in [4.78, 5) is 50.1. The minimum atomic E-state index is -0.614. The van der Waals surface area contributed by atoms with Gasteiger partial charge < -0.3 is 9.88 Å². The molecule has 0 unspecified atom stereocenters. The van der Waals surface area contributed by atoms with E-state index in [1.165, 1.54) is 4.57 Å². The first-order valence-corrected chi connectivity index (χ1v) is 12.0. The molecular formula is C27H24N6O3. The van der Waals surface area contributed by atoms with Crippen molar-refractivity contribution in [2.24, 2.45) is 7.05 Å². The molecule has 0 saturated heterocycles. The number of benzene rings is 2. The standard InChI is InChI=1S/C27H24N6O3/c1-3-33-24-22(26(35)31-27(33)36)18(14-20(30-24)15-8-9-15)25(34)28-17-12-10-16(11-13-17)23-29-19-6-4-5-7-21(19)32(23)2/h4-7,10-15H,3,8-9H2,1-2H3,(H,28,34)(H,31,35,36). The average Bonchev–Trinajstić information content (AvgIpc) is 3.68. The number of hydrogen-bond donors (Lipinski definition) is 2. The highest BCUT2D eigenvalue weighted by atomic mass is 16.2. The molecule has 180 valence electrons. The Morgan fingerprint density at radius 3 is 2.53 bits per heavy atom. The van der Waals surface area contributed by atoms with Crippen molar-refractivity contribution in [1.82, 2.24) is 24.1 Å². The Bertz CT molecular complexity index is 1770. The third-order valence-corrected chi connectivity index (χ3v) is 6.71. The summed E-state index contributed by atoms with van der Waals surface area (Å²) in [6.07, 6.45) is 1.95. The summed E-state index contributed by atoms with van der Waals surface area (Å²) >= 11 is 0. The second-order valence-electron chi connectivity index (χ2n) is 9.09. The van der Waals surface area contributed by atoms with E-state index in [2.05, 4.69) is 15.3 Å². The quantitative estimate of drug-likeness (QED) is 0.397. The maximum absolute atomic E-state index is 13.4. The molecule has 0 spiro atoms. The van der Waals surface area contributed by atoms with Crippen LogP contribution in [0.4, 0.5) is 5.69 Å². The number of aromatic nitrogens is 5. The number of aromatic amines is 1. The number of para-hydroxylation sites is 2. The van der Waals surface area contributed by atoms with Crippen molar-refractivity contribution in [2.75, 3.05) is 5.32 Å². The summed E-state index contributed by atoms with van der Waals surface area (Å²) in [5.74, 6) is 0.646. The smallest absolute Gasteiger partial charge is 0.327 e. The number of nitrogens with one attached hydrogen (secondary N) is 2. The third-order valence-electron chi connectivity index (χ3n) is 6.71. The van der Waals surface area contributed by atoms with Crippen LogP contribution in [0.3, 0.4) is 0 Å². The van der Waals surface area contributed by atoms with Gasteiger partial charge in [-0.25, -0.2) is 14.8 Å². The number of hydrogen-bond acceptors (Lipinski definition) is 5. The van der Waals surface area contributed by atoms with Crippen molar-refractivity contribution < 1.29 is 4.79 Å². The van der Waals surface area contributed by atoms with Crippen LogP contribution in [-0.2, 0) is 13.6 Å². The number of fused-ring (bicyclic) bond motifs is 2. The molecule has 1 aliphatic carbocycles. The molecule has 0 bridgehead atoms. The Morgan fingerprint density at radius 2 is 1.83 bits per heavy atom. The fraction of sp³-hybridized carbons (Fsp3) is 0.222. The van der Waals surface area contributed by atoms with Crippen molar-refractivity contribution in [3.05, 3.63) is 86.7 Å². The molecular weight excluding hydrogens is 456 g/mol. The van der Waals surface area contributed by atoms with E-state index >= 15 is 0 Å². The maximum Gasteiger partial charge on any atom is 0.329 e. The molecule has 0 aliphatic heterocycles. The van der Waals surface area contributed by atoms with Crippen LogP contribution in [-0.4, -0.2) is 30.0 Å². The van der Waals surface area contributed by atoms with Crippen LogP contribution in [0.15, 0.2) is 64.2 Å². The largest absolute Gasteiger partial charge is 0.329 e. The van der Waals surface area contributed by atoms with Crippen LogP contribution in [0.5, 0.6) is 0 Å². The highest BCUT2D eigenvalue weighted by Crippen LogP contribution is 2.40. The van der Waals surface area contributed by atoms with Gasteiger partial charge in [-0.3, -0.25) is 19.1 Å². The molecule has 36 heavy (non-hydrogen) atoms. The van der Waals surface area contributed by atoms with Gasteiger partial charge in [0, 0.05) is 36.5 Å². The summed E-state index contributed by atoms with van der Waals surface area (Å²) in [6, 6.07) is 17.0. The first-order chi connectivity index (χ1) is 17.4. The lowest BCUT2D eigenvalue weighted by molar-refractivity contribution is 0.102. The minimum absolute atomic E-state index is 0.120. The van der Waals surface area contributed by atoms with Gasteiger partial charge in [-0.15, -0.1) is 0 Å². The van der Waals surface area contributed by atoms with E-state index in [0.29, 0.717) is 12.2 Å². The van der Waals surface area contributed by atoms with Crippen molar-refractivity contribution >= 4 is 33.7 Å². The summed E-state index contributed by atoms with van der Waals surface area (Å²) in [5.41, 5.74) is 3.51. The monoisotopic (exact) mass is 480 g/mol. The molecule has 3 aromatic heterocycles. The minimum Gasteiger partial charge on any atom is -0.327 e. The lowest BCUT2D eigenvalue weighted by atomic mass is 10.1. The zero-order valence-corrected chi connectivity index (χ0v) is 19.9. The second kappa shape index (κ2) is 8.30. The molecule has 2 aromatic carbocycles. The topological polar surface area (TPSA) is 115 Å². The molecule has 3 heterocycles. The summed E-state index contributed by atoms with van der Waals surface area (Å²) < 4.78 is 3.43. The van der Waals surface area contributed by atoms with E-state index in [0.717, 1.165) is 41.0 Å². The first-order valence-electron chi connectivity index (χ1n) is 12.0. The van der Waals surface area contributed by atoms with Crippen molar-refractivity contribution in [3.63, 3.8) is 0 Å². The molecule has 0 radical (unpaired) electrons. The maximum atomic E-state index is 13.4. The van der Waals surface area contributed by atoms with Crippen LogP contribution in [0.2, 0.25) is 0 Å². The van der Waals surface area contributed by atoms with Crippen LogP contribution < -0.4 is 16.6 Å².